The van der Waals surface area contributed by atoms with Crippen molar-refractivity contribution in [1.29, 1.82) is 5.41 Å². The van der Waals surface area contributed by atoms with Crippen molar-refractivity contribution in [1.82, 2.24) is 20.5 Å². The molecule has 0 aromatic carbocycles. The summed E-state index contributed by atoms with van der Waals surface area (Å²) in [6, 6.07) is 4.76. The van der Waals surface area contributed by atoms with Crippen LogP contribution >= 0.6 is 0 Å². The summed E-state index contributed by atoms with van der Waals surface area (Å²) in [6.45, 7) is 4.32. The number of anilines is 1. The average Bonchev–Trinajstić information content (AvgIpc) is 3.26. The molecule has 0 saturated carbocycles. The maximum Gasteiger partial charge on any atom is 0.274 e. The van der Waals surface area contributed by atoms with Gasteiger partial charge in [0, 0.05) is 50.7 Å². The van der Waals surface area contributed by atoms with Gasteiger partial charge in [-0.2, -0.15) is 0 Å². The van der Waals surface area contributed by atoms with Gasteiger partial charge in [0.2, 0.25) is 11.8 Å². The molecule has 3 heterocycles. The molecular formula is C21H28N6O4. The Hall–Kier alpha value is -3.27. The third-order valence-corrected chi connectivity index (χ3v) is 5.55. The van der Waals surface area contributed by atoms with E-state index in [4.69, 9.17) is 5.41 Å². The molecule has 4 N–H and O–H groups in total. The molecule has 10 nitrogen and oxygen atoms in total. The van der Waals surface area contributed by atoms with Gasteiger partial charge >= 0.3 is 0 Å². The lowest BCUT2D eigenvalue weighted by atomic mass is 9.92. The van der Waals surface area contributed by atoms with Crippen molar-refractivity contribution in [3.05, 3.63) is 35.8 Å². The molecule has 3 rings (SSSR count). The minimum atomic E-state index is -0.565. The summed E-state index contributed by atoms with van der Waals surface area (Å²) in [4.78, 5) is 44.7. The van der Waals surface area contributed by atoms with E-state index in [0.29, 0.717) is 25.3 Å². The summed E-state index contributed by atoms with van der Waals surface area (Å²) in [6.07, 6.45) is 2.30. The molecule has 2 fully saturated rings. The van der Waals surface area contributed by atoms with E-state index >= 15 is 0 Å². The van der Waals surface area contributed by atoms with Crippen molar-refractivity contribution in [2.75, 3.05) is 31.6 Å². The molecule has 0 radical (unpaired) electrons. The van der Waals surface area contributed by atoms with Gasteiger partial charge in [-0.3, -0.25) is 29.6 Å². The van der Waals surface area contributed by atoms with Crippen LogP contribution < -0.4 is 15.5 Å². The van der Waals surface area contributed by atoms with E-state index in [0.717, 1.165) is 0 Å². The number of pyridine rings is 1. The SMILES string of the molecule is CN/C=C(/NC(=O)c1cccc(N2CC(CO)CC2=O)n1)C(=N)N1CCC(C)(C)C1=O. The van der Waals surface area contributed by atoms with Gasteiger partial charge in [0.1, 0.15) is 11.5 Å². The number of nitrogens with one attached hydrogen (secondary N) is 3. The second-order valence-electron chi connectivity index (χ2n) is 8.38. The third kappa shape index (κ3) is 4.58. The minimum absolute atomic E-state index is 0.0700. The highest BCUT2D eigenvalue weighted by atomic mass is 16.3. The van der Waals surface area contributed by atoms with Gasteiger partial charge in [-0.05, 0) is 18.6 Å². The van der Waals surface area contributed by atoms with Crippen LogP contribution in [-0.4, -0.2) is 65.3 Å². The second-order valence-corrected chi connectivity index (χ2v) is 8.38. The van der Waals surface area contributed by atoms with Crippen LogP contribution in [0.3, 0.4) is 0 Å². The lowest BCUT2D eigenvalue weighted by Crippen LogP contribution is -2.41. The number of aliphatic hydroxyl groups is 1. The van der Waals surface area contributed by atoms with Crippen LogP contribution in [0.1, 0.15) is 37.2 Å². The average molecular weight is 428 g/mol. The van der Waals surface area contributed by atoms with E-state index in [1.165, 1.54) is 22.1 Å². The van der Waals surface area contributed by atoms with Crippen LogP contribution in [0, 0.1) is 16.7 Å². The first-order valence-electron chi connectivity index (χ1n) is 10.2. The maximum atomic E-state index is 12.8. The van der Waals surface area contributed by atoms with E-state index in [-0.39, 0.29) is 48.0 Å². The molecule has 10 heteroatoms. The van der Waals surface area contributed by atoms with E-state index < -0.39 is 11.3 Å². The number of likely N-dealkylation sites (tertiary alicyclic amines) is 1. The number of amides is 3. The summed E-state index contributed by atoms with van der Waals surface area (Å²) in [5.41, 5.74) is -0.338. The van der Waals surface area contributed by atoms with Gasteiger partial charge in [0.05, 0.1) is 5.70 Å². The predicted molar refractivity (Wildman–Crippen MR) is 114 cm³/mol. The minimum Gasteiger partial charge on any atom is -0.396 e. The number of hydrogen-bond acceptors (Lipinski definition) is 7. The fraction of sp³-hybridized carbons (Fsp3) is 0.476. The lowest BCUT2D eigenvalue weighted by Gasteiger charge is -2.22. The molecule has 0 aliphatic carbocycles. The number of aromatic nitrogens is 1. The first-order chi connectivity index (χ1) is 14.7. The largest absolute Gasteiger partial charge is 0.396 e. The Morgan fingerprint density at radius 2 is 2.13 bits per heavy atom. The first-order valence-corrected chi connectivity index (χ1v) is 10.2. The molecule has 1 aromatic heterocycles. The molecule has 1 unspecified atom stereocenters. The number of hydrogen-bond donors (Lipinski definition) is 4. The predicted octanol–water partition coefficient (Wildman–Crippen LogP) is 0.453. The van der Waals surface area contributed by atoms with Crippen LogP contribution in [-0.2, 0) is 9.59 Å². The smallest absolute Gasteiger partial charge is 0.274 e. The van der Waals surface area contributed by atoms with E-state index in [1.54, 1.807) is 19.2 Å². The van der Waals surface area contributed by atoms with E-state index in [1.807, 2.05) is 13.8 Å². The molecule has 0 bridgehead atoms. The number of carbonyl (C=O) groups excluding carboxylic acids is 3. The van der Waals surface area contributed by atoms with Gasteiger partial charge in [-0.25, -0.2) is 4.98 Å². The van der Waals surface area contributed by atoms with Crippen molar-refractivity contribution in [2.45, 2.75) is 26.7 Å². The Balaban J connectivity index is 1.76. The Morgan fingerprint density at radius 1 is 1.39 bits per heavy atom. The monoisotopic (exact) mass is 428 g/mol. The zero-order chi connectivity index (χ0) is 22.8. The summed E-state index contributed by atoms with van der Waals surface area (Å²) >= 11 is 0. The number of amidine groups is 1. The van der Waals surface area contributed by atoms with Crippen molar-refractivity contribution in [3.63, 3.8) is 0 Å². The number of aliphatic hydroxyl groups excluding tert-OH is 1. The zero-order valence-corrected chi connectivity index (χ0v) is 17.9. The van der Waals surface area contributed by atoms with Crippen molar-refractivity contribution in [2.24, 2.45) is 11.3 Å². The summed E-state index contributed by atoms with van der Waals surface area (Å²) < 4.78 is 0. The fourth-order valence-corrected chi connectivity index (χ4v) is 3.64. The van der Waals surface area contributed by atoms with Gasteiger partial charge in [0.25, 0.3) is 5.91 Å². The van der Waals surface area contributed by atoms with Crippen molar-refractivity contribution in [3.8, 4) is 0 Å². The highest BCUT2D eigenvalue weighted by Crippen LogP contribution is 2.31. The highest BCUT2D eigenvalue weighted by Gasteiger charge is 2.41. The van der Waals surface area contributed by atoms with Crippen molar-refractivity contribution >= 4 is 29.4 Å². The molecule has 3 amide bonds. The van der Waals surface area contributed by atoms with Crippen LogP contribution in [0.2, 0.25) is 0 Å². The molecule has 2 aliphatic heterocycles. The highest BCUT2D eigenvalue weighted by molar-refractivity contribution is 6.10. The molecule has 31 heavy (non-hydrogen) atoms. The summed E-state index contributed by atoms with van der Waals surface area (Å²) in [5, 5.41) is 23.2. The Kier molecular flexibility index (Phi) is 6.40. The van der Waals surface area contributed by atoms with E-state index in [2.05, 4.69) is 15.6 Å². The molecule has 2 aliphatic rings. The van der Waals surface area contributed by atoms with Crippen LogP contribution in [0.15, 0.2) is 30.1 Å². The molecule has 166 valence electrons. The Morgan fingerprint density at radius 3 is 2.71 bits per heavy atom. The third-order valence-electron chi connectivity index (χ3n) is 5.55. The first kappa shape index (κ1) is 22.4. The van der Waals surface area contributed by atoms with Gasteiger partial charge in [0.15, 0.2) is 5.84 Å². The van der Waals surface area contributed by atoms with Gasteiger partial charge in [-0.1, -0.05) is 19.9 Å². The summed E-state index contributed by atoms with van der Waals surface area (Å²) in [7, 11) is 1.63. The Labute approximate surface area is 180 Å². The number of nitrogens with zero attached hydrogens (tertiary/aromatic N) is 3. The van der Waals surface area contributed by atoms with Crippen LogP contribution in [0.4, 0.5) is 5.82 Å². The van der Waals surface area contributed by atoms with E-state index in [9.17, 15) is 19.5 Å². The molecular weight excluding hydrogens is 400 g/mol. The normalized spacial score (nSPS) is 20.9. The number of rotatable bonds is 6. The van der Waals surface area contributed by atoms with Crippen molar-refractivity contribution < 1.29 is 19.5 Å². The standard InChI is InChI=1S/C21H28N6O4/c1-21(2)7-8-26(20(21)31)18(22)15(10-23-3)25-19(30)14-5-4-6-16(24-14)27-11-13(12-28)9-17(27)29/h4-6,10,13,22-23,28H,7-9,11-12H2,1-3H3,(H,25,30)/b15-10+,22-18?. The molecule has 1 aromatic rings. The molecule has 0 spiro atoms. The molecule has 1 atom stereocenters. The number of carbonyl (C=O) groups is 3. The fourth-order valence-electron chi connectivity index (χ4n) is 3.64. The van der Waals surface area contributed by atoms with Gasteiger partial charge in [-0.15, -0.1) is 0 Å². The lowest BCUT2D eigenvalue weighted by molar-refractivity contribution is -0.131. The summed E-state index contributed by atoms with van der Waals surface area (Å²) in [5.74, 6) is -0.810. The van der Waals surface area contributed by atoms with Crippen LogP contribution in [0.5, 0.6) is 0 Å². The second kappa shape index (κ2) is 8.84. The topological polar surface area (TPSA) is 139 Å². The quantitative estimate of drug-likeness (QED) is 0.383. The van der Waals surface area contributed by atoms with Crippen LogP contribution in [0.25, 0.3) is 0 Å². The Bertz CT molecular complexity index is 942. The maximum absolute atomic E-state index is 12.8. The zero-order valence-electron chi connectivity index (χ0n) is 17.9. The van der Waals surface area contributed by atoms with Gasteiger partial charge < -0.3 is 15.7 Å². The molecule has 2 saturated heterocycles.